The number of hydrogen-bond acceptors (Lipinski definition) is 10. The second-order valence-electron chi connectivity index (χ2n) is 13.5. The average Bonchev–Trinajstić information content (AvgIpc) is 3.20. The van der Waals surface area contributed by atoms with Crippen molar-refractivity contribution in [3.63, 3.8) is 0 Å². The third-order valence-electron chi connectivity index (χ3n) is 9.86. The Bertz CT molecular complexity index is 2590. The predicted molar refractivity (Wildman–Crippen MR) is 201 cm³/mol. The van der Waals surface area contributed by atoms with Crippen molar-refractivity contribution in [2.75, 3.05) is 31.3 Å². The van der Waals surface area contributed by atoms with Gasteiger partial charge in [0.25, 0.3) is 11.5 Å². The monoisotopic (exact) mass is 785 g/mol. The lowest BCUT2D eigenvalue weighted by Crippen LogP contribution is -2.53. The number of benzene rings is 2. The van der Waals surface area contributed by atoms with Crippen molar-refractivity contribution < 1.29 is 36.6 Å². The zero-order valence-electron chi connectivity index (χ0n) is 30.6. The van der Waals surface area contributed by atoms with E-state index in [1.165, 1.54) is 55.3 Å². The van der Waals surface area contributed by atoms with Crippen LogP contribution in [0.2, 0.25) is 0 Å². The molecule has 57 heavy (non-hydrogen) atoms. The normalized spacial score (nSPS) is 15.1. The Hall–Kier alpha value is -6.49. The number of morpholine rings is 1. The van der Waals surface area contributed by atoms with Crippen molar-refractivity contribution in [2.24, 2.45) is 7.05 Å². The highest BCUT2D eigenvalue weighted by Gasteiger charge is 2.45. The Morgan fingerprint density at radius 1 is 1.02 bits per heavy atom. The van der Waals surface area contributed by atoms with Crippen LogP contribution in [0.25, 0.3) is 27.5 Å². The number of aryl methyl sites for hydroxylation is 2. The second kappa shape index (κ2) is 15.9. The highest BCUT2D eigenvalue weighted by atomic mass is 19.4. The number of amides is 1. The molecule has 0 bridgehead atoms. The molecular weight excluding hydrogens is 750 g/mol. The minimum atomic E-state index is -4.65. The SMILES string of the molecule is Cc1cc(N2CCOC[C@@H]2C(F)(F)F)cc(F)c1C(=O)N[C@@H](Cc1ccc(-n2c(=O)c3ccncc3n(C)c2=O)c2ncccc12)C(=O)OCCc1cccnc1. The summed E-state index contributed by atoms with van der Waals surface area (Å²) in [6, 6.07) is 10.2. The summed E-state index contributed by atoms with van der Waals surface area (Å²) in [5.74, 6) is -2.94. The Morgan fingerprint density at radius 2 is 1.81 bits per heavy atom. The van der Waals surface area contributed by atoms with Crippen LogP contribution in [-0.4, -0.2) is 80.6 Å². The highest BCUT2D eigenvalue weighted by molar-refractivity contribution is 5.99. The van der Waals surface area contributed by atoms with Gasteiger partial charge in [-0.25, -0.2) is 18.5 Å². The zero-order chi connectivity index (χ0) is 40.4. The van der Waals surface area contributed by atoms with Gasteiger partial charge in [0.05, 0.1) is 53.7 Å². The number of nitrogens with one attached hydrogen (secondary N) is 1. The molecule has 1 amide bonds. The largest absolute Gasteiger partial charge is 0.464 e. The number of halogens is 4. The third-order valence-corrected chi connectivity index (χ3v) is 9.86. The Balaban J connectivity index is 1.23. The van der Waals surface area contributed by atoms with Gasteiger partial charge in [-0.2, -0.15) is 13.2 Å². The zero-order valence-corrected chi connectivity index (χ0v) is 30.6. The number of anilines is 1. The summed E-state index contributed by atoms with van der Waals surface area (Å²) in [6.45, 7) is 0.530. The molecule has 5 heterocycles. The fourth-order valence-electron chi connectivity index (χ4n) is 7.01. The van der Waals surface area contributed by atoms with Crippen molar-refractivity contribution >= 4 is 39.4 Å². The first-order chi connectivity index (χ1) is 27.3. The molecule has 0 aliphatic carbocycles. The number of ether oxygens (including phenoxy) is 2. The summed E-state index contributed by atoms with van der Waals surface area (Å²) in [6.07, 6.45) is 3.01. The highest BCUT2D eigenvalue weighted by Crippen LogP contribution is 2.33. The summed E-state index contributed by atoms with van der Waals surface area (Å²) in [4.78, 5) is 68.4. The number of aromatic nitrogens is 5. The molecule has 17 heteroatoms. The van der Waals surface area contributed by atoms with Crippen molar-refractivity contribution in [1.82, 2.24) is 29.4 Å². The van der Waals surface area contributed by atoms with Gasteiger partial charge in [0, 0.05) is 62.3 Å². The maximum atomic E-state index is 15.8. The molecule has 1 aliphatic heterocycles. The second-order valence-corrected chi connectivity index (χ2v) is 13.5. The van der Waals surface area contributed by atoms with E-state index in [9.17, 15) is 32.3 Å². The number of alkyl halides is 3. The van der Waals surface area contributed by atoms with Crippen LogP contribution in [0.1, 0.15) is 27.0 Å². The maximum Gasteiger partial charge on any atom is 0.411 e. The number of rotatable bonds is 10. The van der Waals surface area contributed by atoms with Crippen molar-refractivity contribution in [3.05, 3.63) is 134 Å². The van der Waals surface area contributed by atoms with Gasteiger partial charge >= 0.3 is 17.8 Å². The number of pyridine rings is 3. The number of nitrogens with zero attached hydrogens (tertiary/aromatic N) is 6. The number of esters is 1. The minimum absolute atomic E-state index is 0.00138. The van der Waals surface area contributed by atoms with Gasteiger partial charge in [-0.05, 0) is 60.0 Å². The number of fused-ring (bicyclic) bond motifs is 2. The molecular formula is C40H35F4N7O6. The number of carbonyl (C=O) groups is 2. The molecule has 6 aromatic rings. The first-order valence-corrected chi connectivity index (χ1v) is 17.8. The van der Waals surface area contributed by atoms with Gasteiger partial charge in [0.2, 0.25) is 0 Å². The van der Waals surface area contributed by atoms with Crippen LogP contribution in [0.4, 0.5) is 23.2 Å². The van der Waals surface area contributed by atoms with Crippen LogP contribution in [0, 0.1) is 12.7 Å². The molecule has 0 unspecified atom stereocenters. The average molecular weight is 786 g/mol. The first kappa shape index (κ1) is 38.8. The van der Waals surface area contributed by atoms with Crippen LogP contribution in [-0.2, 0) is 34.2 Å². The van der Waals surface area contributed by atoms with Crippen molar-refractivity contribution in [3.8, 4) is 5.69 Å². The van der Waals surface area contributed by atoms with Crippen LogP contribution in [0.5, 0.6) is 0 Å². The molecule has 2 atom stereocenters. The molecule has 1 aliphatic rings. The number of carbonyl (C=O) groups excluding carboxylic acids is 2. The van der Waals surface area contributed by atoms with E-state index < -0.39 is 59.4 Å². The molecule has 2 aromatic carbocycles. The summed E-state index contributed by atoms with van der Waals surface area (Å²) < 4.78 is 70.2. The topological polar surface area (TPSA) is 151 Å². The molecule has 4 aromatic heterocycles. The summed E-state index contributed by atoms with van der Waals surface area (Å²) >= 11 is 0. The molecule has 1 saturated heterocycles. The lowest BCUT2D eigenvalue weighted by molar-refractivity contribution is -0.167. The minimum Gasteiger partial charge on any atom is -0.464 e. The molecule has 1 N–H and O–H groups in total. The van der Waals surface area contributed by atoms with E-state index in [-0.39, 0.29) is 54.0 Å². The van der Waals surface area contributed by atoms with E-state index >= 15 is 4.39 Å². The first-order valence-electron chi connectivity index (χ1n) is 17.8. The lowest BCUT2D eigenvalue weighted by Gasteiger charge is -2.38. The number of hydrogen-bond donors (Lipinski definition) is 1. The lowest BCUT2D eigenvalue weighted by atomic mass is 9.99. The van der Waals surface area contributed by atoms with E-state index in [1.807, 2.05) is 0 Å². The Labute approximate surface area is 321 Å². The van der Waals surface area contributed by atoms with E-state index in [1.54, 1.807) is 42.7 Å². The summed E-state index contributed by atoms with van der Waals surface area (Å²) in [5.41, 5.74) is 0.264. The molecule has 0 saturated carbocycles. The van der Waals surface area contributed by atoms with Gasteiger partial charge in [-0.3, -0.25) is 29.1 Å². The molecule has 7 rings (SSSR count). The van der Waals surface area contributed by atoms with Crippen molar-refractivity contribution in [2.45, 2.75) is 38.0 Å². The van der Waals surface area contributed by atoms with Crippen LogP contribution < -0.4 is 21.5 Å². The summed E-state index contributed by atoms with van der Waals surface area (Å²) in [5, 5.41) is 3.28. The van der Waals surface area contributed by atoms with Crippen LogP contribution in [0.15, 0.2) is 95.2 Å². The van der Waals surface area contributed by atoms with E-state index in [0.717, 1.165) is 21.1 Å². The standard InChI is InChI=1S/C40H35F4N7O6/c1-23-17-26(50-14-16-56-22-33(50)40(42,43)44)19-29(41)34(23)36(52)48-30(38(54)57-15-10-24-5-3-11-45-20-24)18-25-7-8-31(35-27(25)6-4-12-47-35)51-37(53)28-9-13-46-21-32(28)49(2)39(51)55/h3-9,11-13,17,19-21,30,33H,10,14-16,18,22H2,1-2H3,(H,48,52)/t30-,33+/m0/s1. The van der Waals surface area contributed by atoms with Crippen LogP contribution >= 0.6 is 0 Å². The molecule has 0 radical (unpaired) electrons. The summed E-state index contributed by atoms with van der Waals surface area (Å²) in [7, 11) is 1.51. The third kappa shape index (κ3) is 7.82. The Morgan fingerprint density at radius 3 is 2.56 bits per heavy atom. The predicted octanol–water partition coefficient (Wildman–Crippen LogP) is 4.37. The van der Waals surface area contributed by atoms with Gasteiger partial charge in [-0.1, -0.05) is 18.2 Å². The fourth-order valence-corrected chi connectivity index (χ4v) is 7.01. The van der Waals surface area contributed by atoms with E-state index in [4.69, 9.17) is 9.47 Å². The molecule has 13 nitrogen and oxygen atoms in total. The van der Waals surface area contributed by atoms with Crippen molar-refractivity contribution in [1.29, 1.82) is 0 Å². The fraction of sp³-hybridized carbons (Fsp3) is 0.275. The quantitative estimate of drug-likeness (QED) is 0.157. The van der Waals surface area contributed by atoms with E-state index in [2.05, 4.69) is 20.3 Å². The van der Waals surface area contributed by atoms with Gasteiger partial charge < -0.3 is 19.7 Å². The van der Waals surface area contributed by atoms with Crippen LogP contribution in [0.3, 0.4) is 0 Å². The molecule has 0 spiro atoms. The smallest absolute Gasteiger partial charge is 0.411 e. The van der Waals surface area contributed by atoms with E-state index in [0.29, 0.717) is 22.9 Å². The van der Waals surface area contributed by atoms with Gasteiger partial charge in [0.1, 0.15) is 17.9 Å². The van der Waals surface area contributed by atoms with Gasteiger partial charge in [0.15, 0.2) is 0 Å². The molecule has 294 valence electrons. The van der Waals surface area contributed by atoms with Gasteiger partial charge in [-0.15, -0.1) is 0 Å². The Kier molecular flexibility index (Phi) is 10.8. The maximum absolute atomic E-state index is 15.8. The molecule has 1 fully saturated rings.